The third-order valence-corrected chi connectivity index (χ3v) is 3.64. The molecule has 0 heterocycles. The van der Waals surface area contributed by atoms with E-state index >= 15 is 0 Å². The third-order valence-electron chi connectivity index (χ3n) is 3.64. The van der Waals surface area contributed by atoms with Crippen LogP contribution in [0, 0.1) is 0 Å². The van der Waals surface area contributed by atoms with Gasteiger partial charge in [-0.2, -0.15) is 13.2 Å². The van der Waals surface area contributed by atoms with Gasteiger partial charge in [0, 0.05) is 17.8 Å². The van der Waals surface area contributed by atoms with Gasteiger partial charge < -0.3 is 16.8 Å². The zero-order valence-corrected chi connectivity index (χ0v) is 12.1. The van der Waals surface area contributed by atoms with Crippen LogP contribution in [0.1, 0.15) is 42.6 Å². The largest absolute Gasteiger partial charge is 0.417 e. The molecule has 0 spiro atoms. The monoisotopic (exact) mass is 303 g/mol. The van der Waals surface area contributed by atoms with Crippen molar-refractivity contribution in [2.45, 2.75) is 38.4 Å². The van der Waals surface area contributed by atoms with Crippen LogP contribution in [0.4, 0.5) is 18.9 Å². The van der Waals surface area contributed by atoms with E-state index in [0.717, 1.165) is 12.1 Å². The predicted molar refractivity (Wildman–Crippen MR) is 76.0 cm³/mol. The van der Waals surface area contributed by atoms with Crippen LogP contribution in [-0.4, -0.2) is 18.0 Å². The molecule has 4 nitrogen and oxygen atoms in total. The first-order valence-corrected chi connectivity index (χ1v) is 6.66. The van der Waals surface area contributed by atoms with E-state index < -0.39 is 28.7 Å². The fourth-order valence-corrected chi connectivity index (χ4v) is 1.88. The molecule has 118 valence electrons. The van der Waals surface area contributed by atoms with Crippen molar-refractivity contribution in [1.82, 2.24) is 0 Å². The van der Waals surface area contributed by atoms with E-state index in [1.54, 1.807) is 0 Å². The zero-order valence-electron chi connectivity index (χ0n) is 12.1. The normalized spacial score (nSPS) is 12.3. The van der Waals surface area contributed by atoms with Crippen LogP contribution in [-0.2, 0) is 6.18 Å². The van der Waals surface area contributed by atoms with Crippen molar-refractivity contribution in [3.05, 3.63) is 29.3 Å². The molecule has 0 aromatic heterocycles. The quantitative estimate of drug-likeness (QED) is 0.756. The molecule has 0 atom stereocenters. The summed E-state index contributed by atoms with van der Waals surface area (Å²) in [5, 5.41) is 2.89. The molecule has 0 radical (unpaired) electrons. The SMILES string of the molecule is CCC(N)(CC)CNc1ccc(C(N)=O)c(C(F)(F)F)c1. The van der Waals surface area contributed by atoms with Crippen LogP contribution < -0.4 is 16.8 Å². The highest BCUT2D eigenvalue weighted by atomic mass is 19.4. The highest BCUT2D eigenvalue weighted by molar-refractivity contribution is 5.95. The van der Waals surface area contributed by atoms with Gasteiger partial charge in [0.05, 0.1) is 11.1 Å². The number of halogens is 3. The summed E-state index contributed by atoms with van der Waals surface area (Å²) in [5.74, 6) is -1.11. The number of benzene rings is 1. The smallest absolute Gasteiger partial charge is 0.383 e. The lowest BCUT2D eigenvalue weighted by Gasteiger charge is -2.27. The third kappa shape index (κ3) is 4.35. The van der Waals surface area contributed by atoms with Gasteiger partial charge in [0.15, 0.2) is 0 Å². The molecule has 0 saturated heterocycles. The van der Waals surface area contributed by atoms with E-state index in [9.17, 15) is 18.0 Å². The van der Waals surface area contributed by atoms with E-state index in [4.69, 9.17) is 11.5 Å². The highest BCUT2D eigenvalue weighted by Gasteiger charge is 2.35. The van der Waals surface area contributed by atoms with Gasteiger partial charge in [0.1, 0.15) is 0 Å². The lowest BCUT2D eigenvalue weighted by atomic mass is 9.94. The highest BCUT2D eigenvalue weighted by Crippen LogP contribution is 2.33. The van der Waals surface area contributed by atoms with Crippen molar-refractivity contribution in [3.8, 4) is 0 Å². The average Bonchev–Trinajstić information content (AvgIpc) is 2.43. The minimum Gasteiger partial charge on any atom is -0.383 e. The Morgan fingerprint density at radius 3 is 2.24 bits per heavy atom. The Bertz CT molecular complexity index is 511. The first-order valence-electron chi connectivity index (χ1n) is 6.66. The summed E-state index contributed by atoms with van der Waals surface area (Å²) >= 11 is 0. The van der Waals surface area contributed by atoms with Gasteiger partial charge in [0.25, 0.3) is 0 Å². The molecule has 0 unspecified atom stereocenters. The van der Waals surface area contributed by atoms with Gasteiger partial charge in [-0.15, -0.1) is 0 Å². The average molecular weight is 303 g/mol. The number of rotatable bonds is 6. The van der Waals surface area contributed by atoms with Crippen LogP contribution in [0.25, 0.3) is 0 Å². The maximum absolute atomic E-state index is 12.9. The summed E-state index contributed by atoms with van der Waals surface area (Å²) in [6, 6.07) is 3.34. The van der Waals surface area contributed by atoms with Crippen molar-refractivity contribution >= 4 is 11.6 Å². The van der Waals surface area contributed by atoms with E-state index in [2.05, 4.69) is 5.32 Å². The number of anilines is 1. The maximum atomic E-state index is 12.9. The van der Waals surface area contributed by atoms with Gasteiger partial charge in [-0.05, 0) is 31.0 Å². The lowest BCUT2D eigenvalue weighted by Crippen LogP contribution is -2.45. The number of carbonyl (C=O) groups is 1. The van der Waals surface area contributed by atoms with Gasteiger partial charge >= 0.3 is 6.18 Å². The van der Waals surface area contributed by atoms with Crippen LogP contribution in [0.5, 0.6) is 0 Å². The van der Waals surface area contributed by atoms with E-state index in [1.165, 1.54) is 6.07 Å². The van der Waals surface area contributed by atoms with E-state index in [1.807, 2.05) is 13.8 Å². The molecule has 0 aliphatic heterocycles. The van der Waals surface area contributed by atoms with Crippen molar-refractivity contribution in [2.75, 3.05) is 11.9 Å². The molecule has 0 aliphatic rings. The fourth-order valence-electron chi connectivity index (χ4n) is 1.88. The first kappa shape index (κ1) is 17.3. The number of amides is 1. The second-order valence-electron chi connectivity index (χ2n) is 5.05. The van der Waals surface area contributed by atoms with Crippen molar-refractivity contribution < 1.29 is 18.0 Å². The molecule has 5 N–H and O–H groups in total. The Kier molecular flexibility index (Phi) is 5.22. The van der Waals surface area contributed by atoms with Crippen molar-refractivity contribution in [3.63, 3.8) is 0 Å². The van der Waals surface area contributed by atoms with Crippen molar-refractivity contribution in [2.24, 2.45) is 11.5 Å². The van der Waals surface area contributed by atoms with Gasteiger partial charge in [0.2, 0.25) is 5.91 Å². The molecule has 1 aromatic carbocycles. The number of primary amides is 1. The topological polar surface area (TPSA) is 81.1 Å². The summed E-state index contributed by atoms with van der Waals surface area (Å²) < 4.78 is 38.8. The molecule has 1 aromatic rings. The van der Waals surface area contributed by atoms with Gasteiger partial charge in [-0.1, -0.05) is 13.8 Å². The van der Waals surface area contributed by atoms with Gasteiger partial charge in [-0.25, -0.2) is 0 Å². The molecule has 21 heavy (non-hydrogen) atoms. The van der Waals surface area contributed by atoms with Gasteiger partial charge in [-0.3, -0.25) is 4.79 Å². The standard InChI is InChI=1S/C14H20F3N3O/c1-3-13(19,4-2)8-20-9-5-6-10(12(18)21)11(7-9)14(15,16)17/h5-7,20H,3-4,8,19H2,1-2H3,(H2,18,21). The van der Waals surface area contributed by atoms with E-state index in [0.29, 0.717) is 19.4 Å². The number of alkyl halides is 3. The minimum atomic E-state index is -4.64. The molecule has 0 saturated carbocycles. The summed E-state index contributed by atoms with van der Waals surface area (Å²) in [6.07, 6.45) is -3.25. The Hall–Kier alpha value is -1.76. The summed E-state index contributed by atoms with van der Waals surface area (Å²) in [6.45, 7) is 4.18. The molecule has 0 aliphatic carbocycles. The van der Waals surface area contributed by atoms with E-state index in [-0.39, 0.29) is 5.69 Å². The van der Waals surface area contributed by atoms with Crippen LogP contribution in [0.2, 0.25) is 0 Å². The molecular formula is C14H20F3N3O. The predicted octanol–water partition coefficient (Wildman–Crippen LogP) is 2.73. The minimum absolute atomic E-state index is 0.254. The zero-order chi connectivity index (χ0) is 16.3. The second-order valence-corrected chi connectivity index (χ2v) is 5.05. The number of hydrogen-bond acceptors (Lipinski definition) is 3. The number of carbonyl (C=O) groups excluding carboxylic acids is 1. The van der Waals surface area contributed by atoms with Crippen LogP contribution in [0.15, 0.2) is 18.2 Å². The molecular weight excluding hydrogens is 283 g/mol. The fraction of sp³-hybridized carbons (Fsp3) is 0.500. The maximum Gasteiger partial charge on any atom is 0.417 e. The Balaban J connectivity index is 3.04. The summed E-state index contributed by atoms with van der Waals surface area (Å²) in [4.78, 5) is 11.1. The molecule has 0 bridgehead atoms. The molecule has 0 fully saturated rings. The van der Waals surface area contributed by atoms with Crippen molar-refractivity contribution in [1.29, 1.82) is 0 Å². The first-order chi connectivity index (χ1) is 9.63. The Morgan fingerprint density at radius 2 is 1.81 bits per heavy atom. The van der Waals surface area contributed by atoms with Crippen LogP contribution in [0.3, 0.4) is 0 Å². The molecule has 1 rings (SSSR count). The number of nitrogens with one attached hydrogen (secondary N) is 1. The Morgan fingerprint density at radius 1 is 1.24 bits per heavy atom. The molecule has 1 amide bonds. The number of hydrogen-bond donors (Lipinski definition) is 3. The Labute approximate surface area is 121 Å². The second kappa shape index (κ2) is 6.34. The summed E-state index contributed by atoms with van der Waals surface area (Å²) in [7, 11) is 0. The van der Waals surface area contributed by atoms with Crippen LogP contribution >= 0.6 is 0 Å². The lowest BCUT2D eigenvalue weighted by molar-refractivity contribution is -0.137. The summed E-state index contributed by atoms with van der Waals surface area (Å²) in [5.41, 5.74) is 9.23. The number of nitrogens with two attached hydrogens (primary N) is 2. The molecule has 7 heteroatoms.